The van der Waals surface area contributed by atoms with Crippen molar-refractivity contribution in [2.75, 3.05) is 14.2 Å². The number of aromatic nitrogens is 2. The van der Waals surface area contributed by atoms with E-state index in [1.54, 1.807) is 0 Å². The van der Waals surface area contributed by atoms with E-state index in [1.807, 2.05) is 0 Å². The van der Waals surface area contributed by atoms with Gasteiger partial charge in [0, 0.05) is 6.07 Å². The molecule has 20 heavy (non-hydrogen) atoms. The fourth-order valence-electron chi connectivity index (χ4n) is 1.91. The third-order valence-electron chi connectivity index (χ3n) is 2.80. The zero-order valence-electron chi connectivity index (χ0n) is 10.8. The first-order chi connectivity index (χ1) is 9.47. The minimum absolute atomic E-state index is 0.142. The van der Waals surface area contributed by atoms with Crippen LogP contribution in [0.25, 0.3) is 10.9 Å². The van der Waals surface area contributed by atoms with Crippen molar-refractivity contribution in [3.63, 3.8) is 0 Å². The molecule has 0 spiro atoms. The molecule has 0 unspecified atom stereocenters. The van der Waals surface area contributed by atoms with E-state index < -0.39 is 23.8 Å². The van der Waals surface area contributed by atoms with Gasteiger partial charge in [0.05, 0.1) is 25.1 Å². The normalized spacial score (nSPS) is 10.5. The number of benzene rings is 1. The molecule has 0 saturated heterocycles. The lowest BCUT2D eigenvalue weighted by atomic mass is 10.2. The molecule has 1 aromatic heterocycles. The van der Waals surface area contributed by atoms with Gasteiger partial charge in [0.15, 0.2) is 11.5 Å². The van der Waals surface area contributed by atoms with Gasteiger partial charge >= 0.3 is 11.7 Å². The highest BCUT2D eigenvalue weighted by Crippen LogP contribution is 2.30. The highest BCUT2D eigenvalue weighted by Gasteiger charge is 2.14. The Balaban J connectivity index is 2.89. The predicted molar refractivity (Wildman–Crippen MR) is 69.6 cm³/mol. The maximum atomic E-state index is 11.8. The molecule has 0 aliphatic carbocycles. The van der Waals surface area contributed by atoms with Crippen LogP contribution in [0.5, 0.6) is 11.5 Å². The van der Waals surface area contributed by atoms with Crippen LogP contribution in [0, 0.1) is 0 Å². The Morgan fingerprint density at radius 1 is 1.25 bits per heavy atom. The summed E-state index contributed by atoms with van der Waals surface area (Å²) in [6.07, 6.45) is 0. The molecular weight excluding hydrogens is 268 g/mol. The monoisotopic (exact) mass is 280 g/mol. The zero-order valence-corrected chi connectivity index (χ0v) is 10.8. The van der Waals surface area contributed by atoms with Crippen LogP contribution in [-0.4, -0.2) is 34.8 Å². The number of carboxylic acids is 1. The molecule has 1 aromatic carbocycles. The number of nitrogens with one attached hydrogen (secondary N) is 1. The summed E-state index contributed by atoms with van der Waals surface area (Å²) in [4.78, 5) is 36.4. The van der Waals surface area contributed by atoms with Gasteiger partial charge in [-0.25, -0.2) is 4.79 Å². The third-order valence-corrected chi connectivity index (χ3v) is 2.80. The fraction of sp³-hybridized carbons (Fsp3) is 0.250. The van der Waals surface area contributed by atoms with Crippen LogP contribution < -0.4 is 20.7 Å². The van der Waals surface area contributed by atoms with Crippen LogP contribution in [0.15, 0.2) is 21.7 Å². The molecule has 8 nitrogen and oxygen atoms in total. The highest BCUT2D eigenvalue weighted by molar-refractivity contribution is 5.83. The van der Waals surface area contributed by atoms with E-state index >= 15 is 0 Å². The van der Waals surface area contributed by atoms with Gasteiger partial charge in [0.1, 0.15) is 6.54 Å². The lowest BCUT2D eigenvalue weighted by Gasteiger charge is -2.11. The molecule has 8 heteroatoms. The SMILES string of the molecule is COc1cc2c(=O)[nH]c(=O)n(CC(=O)O)c2cc1OC. The standard InChI is InChI=1S/C12H12N2O6/c1-19-8-3-6-7(4-9(8)20-2)14(5-10(15)16)12(18)13-11(6)17/h3-4H,5H2,1-2H3,(H,15,16)(H,13,17,18). The number of carbonyl (C=O) groups is 1. The summed E-state index contributed by atoms with van der Waals surface area (Å²) in [6, 6.07) is 2.79. The van der Waals surface area contributed by atoms with Crippen molar-refractivity contribution in [1.29, 1.82) is 0 Å². The Kier molecular flexibility index (Phi) is 3.47. The van der Waals surface area contributed by atoms with Crippen LogP contribution >= 0.6 is 0 Å². The number of carboxylic acid groups (broad SMARTS) is 1. The van der Waals surface area contributed by atoms with Crippen molar-refractivity contribution in [1.82, 2.24) is 9.55 Å². The molecule has 2 N–H and O–H groups in total. The Morgan fingerprint density at radius 3 is 2.40 bits per heavy atom. The van der Waals surface area contributed by atoms with Gasteiger partial charge < -0.3 is 14.6 Å². The Labute approximate surface area is 112 Å². The smallest absolute Gasteiger partial charge is 0.329 e. The van der Waals surface area contributed by atoms with Gasteiger partial charge in [-0.15, -0.1) is 0 Å². The van der Waals surface area contributed by atoms with Gasteiger partial charge in [-0.1, -0.05) is 0 Å². The van der Waals surface area contributed by atoms with Crippen molar-refractivity contribution in [3.05, 3.63) is 33.0 Å². The maximum Gasteiger partial charge on any atom is 0.329 e. The predicted octanol–water partition coefficient (Wildman–Crippen LogP) is -0.208. The van der Waals surface area contributed by atoms with Gasteiger partial charge in [-0.3, -0.25) is 19.1 Å². The van der Waals surface area contributed by atoms with Gasteiger partial charge in [-0.2, -0.15) is 0 Å². The van der Waals surface area contributed by atoms with Crippen LogP contribution in [0.4, 0.5) is 0 Å². The summed E-state index contributed by atoms with van der Waals surface area (Å²) in [5, 5.41) is 8.98. The minimum Gasteiger partial charge on any atom is -0.493 e. The number of nitrogens with zero attached hydrogens (tertiary/aromatic N) is 1. The van der Waals surface area contributed by atoms with E-state index in [1.165, 1.54) is 26.4 Å². The summed E-state index contributed by atoms with van der Waals surface area (Å²) >= 11 is 0. The molecule has 0 aliphatic heterocycles. The van der Waals surface area contributed by atoms with Crippen molar-refractivity contribution in [2.24, 2.45) is 0 Å². The Bertz CT molecular complexity index is 789. The van der Waals surface area contributed by atoms with E-state index in [2.05, 4.69) is 4.98 Å². The number of hydrogen-bond donors (Lipinski definition) is 2. The van der Waals surface area contributed by atoms with Gasteiger partial charge in [-0.05, 0) is 6.07 Å². The molecule has 1 heterocycles. The zero-order chi connectivity index (χ0) is 14.9. The number of rotatable bonds is 4. The van der Waals surface area contributed by atoms with Crippen molar-refractivity contribution in [2.45, 2.75) is 6.54 Å². The summed E-state index contributed by atoms with van der Waals surface area (Å²) in [7, 11) is 2.81. The van der Waals surface area contributed by atoms with Crippen molar-refractivity contribution >= 4 is 16.9 Å². The van der Waals surface area contributed by atoms with Crippen molar-refractivity contribution in [3.8, 4) is 11.5 Å². The first-order valence-electron chi connectivity index (χ1n) is 5.58. The van der Waals surface area contributed by atoms with Crippen LogP contribution in [0.1, 0.15) is 0 Å². The summed E-state index contributed by atoms with van der Waals surface area (Å²) in [6.45, 7) is -0.568. The molecule has 0 amide bonds. The van der Waals surface area contributed by atoms with Gasteiger partial charge in [0.2, 0.25) is 0 Å². The largest absolute Gasteiger partial charge is 0.493 e. The average molecular weight is 280 g/mol. The van der Waals surface area contributed by atoms with E-state index in [0.717, 1.165) is 4.57 Å². The fourth-order valence-corrected chi connectivity index (χ4v) is 1.91. The van der Waals surface area contributed by atoms with Crippen molar-refractivity contribution < 1.29 is 19.4 Å². The maximum absolute atomic E-state index is 11.8. The molecular formula is C12H12N2O6. The number of aromatic amines is 1. The van der Waals surface area contributed by atoms with E-state index in [4.69, 9.17) is 14.6 Å². The number of aliphatic carboxylic acids is 1. The number of hydrogen-bond acceptors (Lipinski definition) is 5. The minimum atomic E-state index is -1.20. The number of fused-ring (bicyclic) bond motifs is 1. The van der Waals surface area contributed by atoms with E-state index in [0.29, 0.717) is 11.5 Å². The second kappa shape index (κ2) is 5.08. The molecule has 2 rings (SSSR count). The Morgan fingerprint density at radius 2 is 1.85 bits per heavy atom. The first kappa shape index (κ1) is 13.7. The molecule has 0 saturated carbocycles. The van der Waals surface area contributed by atoms with Gasteiger partial charge in [0.25, 0.3) is 5.56 Å². The summed E-state index contributed by atoms with van der Waals surface area (Å²) < 4.78 is 11.1. The molecule has 0 atom stereocenters. The van der Waals surface area contributed by atoms with E-state index in [-0.39, 0.29) is 10.9 Å². The molecule has 106 valence electrons. The highest BCUT2D eigenvalue weighted by atomic mass is 16.5. The molecule has 0 fully saturated rings. The topological polar surface area (TPSA) is 111 Å². The first-order valence-corrected chi connectivity index (χ1v) is 5.58. The molecule has 0 aliphatic rings. The third kappa shape index (κ3) is 2.22. The quantitative estimate of drug-likeness (QED) is 0.801. The second-order valence-electron chi connectivity index (χ2n) is 3.96. The average Bonchev–Trinajstić information content (AvgIpc) is 2.41. The van der Waals surface area contributed by atoms with Crippen LogP contribution in [0.3, 0.4) is 0 Å². The number of methoxy groups -OCH3 is 2. The van der Waals surface area contributed by atoms with E-state index in [9.17, 15) is 14.4 Å². The Hall–Kier alpha value is -2.77. The lowest BCUT2D eigenvalue weighted by Crippen LogP contribution is -2.32. The number of H-pyrrole nitrogens is 1. The van der Waals surface area contributed by atoms with Crippen LogP contribution in [-0.2, 0) is 11.3 Å². The lowest BCUT2D eigenvalue weighted by molar-refractivity contribution is -0.137. The molecule has 0 bridgehead atoms. The van der Waals surface area contributed by atoms with Crippen LogP contribution in [0.2, 0.25) is 0 Å². The number of ether oxygens (including phenoxy) is 2. The summed E-state index contributed by atoms with van der Waals surface area (Å²) in [5.41, 5.74) is -1.25. The second-order valence-corrected chi connectivity index (χ2v) is 3.96. The molecule has 0 radical (unpaired) electrons. The molecule has 2 aromatic rings. The summed E-state index contributed by atoms with van der Waals surface area (Å²) in [5.74, 6) is -0.592.